The second-order valence-electron chi connectivity index (χ2n) is 8.29. The molecule has 1 atom stereocenters. The molecule has 6 nitrogen and oxygen atoms in total. The molecule has 2 aliphatic heterocycles. The quantitative estimate of drug-likeness (QED) is 0.638. The van der Waals surface area contributed by atoms with Crippen LogP contribution in [-0.2, 0) is 6.42 Å². The fraction of sp³-hybridized carbons (Fsp3) is 0.320. The number of hydrogen-bond acceptors (Lipinski definition) is 5. The van der Waals surface area contributed by atoms with Crippen LogP contribution in [0.25, 0.3) is 11.4 Å². The summed E-state index contributed by atoms with van der Waals surface area (Å²) in [6.07, 6.45) is 8.32. The van der Waals surface area contributed by atoms with Gasteiger partial charge in [-0.2, -0.15) is 0 Å². The summed E-state index contributed by atoms with van der Waals surface area (Å²) in [6.45, 7) is 3.15. The molecule has 1 fully saturated rings. The third kappa shape index (κ3) is 4.62. The van der Waals surface area contributed by atoms with Gasteiger partial charge in [0.15, 0.2) is 5.82 Å². The average molecular weight is 431 g/mol. The van der Waals surface area contributed by atoms with Gasteiger partial charge < -0.3 is 10.2 Å². The minimum atomic E-state index is -0.312. The van der Waals surface area contributed by atoms with E-state index in [4.69, 9.17) is 10.1 Å². The summed E-state index contributed by atoms with van der Waals surface area (Å²) in [5.74, 6) is 1.60. The molecule has 0 amide bonds. The van der Waals surface area contributed by atoms with Gasteiger partial charge in [0, 0.05) is 30.4 Å². The predicted octanol–water partition coefficient (Wildman–Crippen LogP) is 4.15. The Bertz CT molecular complexity index is 1080. The zero-order chi connectivity index (χ0) is 21.8. The Balaban J connectivity index is 1.31. The molecule has 3 aromatic rings. The molecule has 3 heterocycles. The number of benzene rings is 2. The smallest absolute Gasteiger partial charge is 0.217 e. The summed E-state index contributed by atoms with van der Waals surface area (Å²) in [5, 5.41) is 8.01. The van der Waals surface area contributed by atoms with Crippen molar-refractivity contribution in [3.8, 4) is 11.4 Å². The first-order chi connectivity index (χ1) is 15.8. The topological polar surface area (TPSA) is 58.3 Å². The van der Waals surface area contributed by atoms with Gasteiger partial charge >= 0.3 is 0 Å². The largest absolute Gasteiger partial charge is 0.352 e. The molecule has 32 heavy (non-hydrogen) atoms. The zero-order valence-electron chi connectivity index (χ0n) is 17.9. The molecule has 0 spiro atoms. The Labute approximate surface area is 187 Å². The van der Waals surface area contributed by atoms with Gasteiger partial charge in [0.2, 0.25) is 6.29 Å². The van der Waals surface area contributed by atoms with Crippen molar-refractivity contribution in [2.24, 2.45) is 4.99 Å². The van der Waals surface area contributed by atoms with Crippen LogP contribution < -0.4 is 5.32 Å². The molecular formula is C25H27FN6. The van der Waals surface area contributed by atoms with Gasteiger partial charge in [0.25, 0.3) is 0 Å². The van der Waals surface area contributed by atoms with Crippen molar-refractivity contribution in [1.82, 2.24) is 25.0 Å². The summed E-state index contributed by atoms with van der Waals surface area (Å²) in [6, 6.07) is 17.0. The number of aromatic nitrogens is 3. The van der Waals surface area contributed by atoms with Crippen molar-refractivity contribution in [3.63, 3.8) is 0 Å². The van der Waals surface area contributed by atoms with E-state index < -0.39 is 0 Å². The lowest BCUT2D eigenvalue weighted by Crippen LogP contribution is -2.36. The van der Waals surface area contributed by atoms with Crippen LogP contribution in [-0.4, -0.2) is 45.5 Å². The van der Waals surface area contributed by atoms with Crippen LogP contribution in [0.5, 0.6) is 0 Å². The van der Waals surface area contributed by atoms with Gasteiger partial charge in [-0.3, -0.25) is 0 Å². The Morgan fingerprint density at radius 1 is 1.00 bits per heavy atom. The molecule has 0 bridgehead atoms. The molecule has 7 heteroatoms. The van der Waals surface area contributed by atoms with Gasteiger partial charge in [0.05, 0.1) is 0 Å². The maximum Gasteiger partial charge on any atom is 0.217 e. The third-order valence-electron chi connectivity index (χ3n) is 6.16. The molecule has 0 radical (unpaired) electrons. The van der Waals surface area contributed by atoms with Crippen molar-refractivity contribution in [3.05, 3.63) is 84.1 Å². The highest BCUT2D eigenvalue weighted by molar-refractivity contribution is 5.71. The van der Waals surface area contributed by atoms with Crippen molar-refractivity contribution in [2.45, 2.75) is 31.5 Å². The highest BCUT2D eigenvalue weighted by Crippen LogP contribution is 2.30. The fourth-order valence-corrected chi connectivity index (χ4v) is 4.35. The minimum absolute atomic E-state index is 0.264. The fourth-order valence-electron chi connectivity index (χ4n) is 4.35. The number of halogens is 1. The number of rotatable bonds is 6. The molecule has 0 aliphatic carbocycles. The van der Waals surface area contributed by atoms with Gasteiger partial charge in [-0.15, -0.1) is 5.10 Å². The molecule has 1 aromatic heterocycles. The summed E-state index contributed by atoms with van der Waals surface area (Å²) in [5.41, 5.74) is 2.19. The van der Waals surface area contributed by atoms with E-state index in [-0.39, 0.29) is 12.1 Å². The summed E-state index contributed by atoms with van der Waals surface area (Å²) in [4.78, 5) is 12.0. The van der Waals surface area contributed by atoms with Gasteiger partial charge in [0.1, 0.15) is 11.6 Å². The highest BCUT2D eigenvalue weighted by Gasteiger charge is 2.28. The Morgan fingerprint density at radius 3 is 2.50 bits per heavy atom. The Kier molecular flexibility index (Phi) is 6.07. The summed E-state index contributed by atoms with van der Waals surface area (Å²) >= 11 is 0. The van der Waals surface area contributed by atoms with E-state index in [1.54, 1.807) is 18.3 Å². The lowest BCUT2D eigenvalue weighted by molar-refractivity contribution is 0.207. The van der Waals surface area contributed by atoms with E-state index in [1.807, 2.05) is 17.0 Å². The first-order valence-electron chi connectivity index (χ1n) is 11.2. The SMILES string of the molecule is Fc1ccc(-c2nc(C3CCN(CCc4ccccc4)CC3)n(C3N=CC=CN3)n2)cc1. The normalized spacial score (nSPS) is 19.2. The molecular weight excluding hydrogens is 403 g/mol. The number of hydrogen-bond donors (Lipinski definition) is 1. The number of nitrogens with zero attached hydrogens (tertiary/aromatic N) is 5. The predicted molar refractivity (Wildman–Crippen MR) is 124 cm³/mol. The molecule has 1 unspecified atom stereocenters. The van der Waals surface area contributed by atoms with E-state index in [0.717, 1.165) is 50.3 Å². The first kappa shape index (κ1) is 20.6. The van der Waals surface area contributed by atoms with Crippen molar-refractivity contribution in [2.75, 3.05) is 19.6 Å². The number of aliphatic imine (C=N–C) groups is 1. The van der Waals surface area contributed by atoms with Crippen LogP contribution in [0, 0.1) is 5.82 Å². The van der Waals surface area contributed by atoms with Gasteiger partial charge in [-0.05, 0) is 68.3 Å². The molecule has 0 saturated carbocycles. The second-order valence-corrected chi connectivity index (χ2v) is 8.29. The highest BCUT2D eigenvalue weighted by atomic mass is 19.1. The van der Waals surface area contributed by atoms with Crippen LogP contribution in [0.15, 0.2) is 71.9 Å². The van der Waals surface area contributed by atoms with Crippen molar-refractivity contribution < 1.29 is 4.39 Å². The first-order valence-corrected chi connectivity index (χ1v) is 11.2. The van der Waals surface area contributed by atoms with Crippen LogP contribution in [0.2, 0.25) is 0 Å². The van der Waals surface area contributed by atoms with E-state index >= 15 is 0 Å². The van der Waals surface area contributed by atoms with E-state index in [1.165, 1.54) is 17.7 Å². The van der Waals surface area contributed by atoms with E-state index in [2.05, 4.69) is 45.5 Å². The molecule has 2 aromatic carbocycles. The van der Waals surface area contributed by atoms with E-state index in [9.17, 15) is 4.39 Å². The third-order valence-corrected chi connectivity index (χ3v) is 6.16. The standard InChI is InChI=1S/C25H27FN6/c26-22-9-7-20(8-10-22)23-29-24(32(30-23)25-27-14-4-15-28-25)21-12-17-31(18-13-21)16-11-19-5-2-1-3-6-19/h1-10,14-15,21,25,27H,11-13,16-18H2. The number of piperidine rings is 1. The van der Waals surface area contributed by atoms with Crippen LogP contribution >= 0.6 is 0 Å². The Hall–Kier alpha value is -3.32. The lowest BCUT2D eigenvalue weighted by atomic mass is 9.95. The molecule has 5 rings (SSSR count). The number of likely N-dealkylation sites (tertiary alicyclic amines) is 1. The van der Waals surface area contributed by atoms with E-state index in [0.29, 0.717) is 11.7 Å². The Morgan fingerprint density at radius 2 is 1.78 bits per heavy atom. The monoisotopic (exact) mass is 430 g/mol. The van der Waals surface area contributed by atoms with Crippen LogP contribution in [0.4, 0.5) is 4.39 Å². The van der Waals surface area contributed by atoms with Crippen LogP contribution in [0.3, 0.4) is 0 Å². The maximum atomic E-state index is 13.4. The van der Waals surface area contributed by atoms with Crippen molar-refractivity contribution in [1.29, 1.82) is 0 Å². The van der Waals surface area contributed by atoms with Crippen LogP contribution in [0.1, 0.15) is 36.4 Å². The minimum Gasteiger partial charge on any atom is -0.352 e. The van der Waals surface area contributed by atoms with Gasteiger partial charge in [-0.25, -0.2) is 19.0 Å². The number of nitrogens with one attached hydrogen (secondary N) is 1. The summed E-state index contributed by atoms with van der Waals surface area (Å²) < 4.78 is 15.3. The number of allylic oxidation sites excluding steroid dienone is 1. The van der Waals surface area contributed by atoms with Gasteiger partial charge in [-0.1, -0.05) is 30.3 Å². The van der Waals surface area contributed by atoms with Crippen molar-refractivity contribution >= 4 is 6.21 Å². The molecule has 1 saturated heterocycles. The molecule has 2 aliphatic rings. The lowest BCUT2D eigenvalue weighted by Gasteiger charge is -2.32. The summed E-state index contributed by atoms with van der Waals surface area (Å²) in [7, 11) is 0. The molecule has 1 N–H and O–H groups in total. The maximum absolute atomic E-state index is 13.4. The average Bonchev–Trinajstić information content (AvgIpc) is 3.30. The zero-order valence-corrected chi connectivity index (χ0v) is 17.9. The second kappa shape index (κ2) is 9.44. The molecule has 164 valence electrons.